The second kappa shape index (κ2) is 3.38. The number of hydrogen-bond acceptors (Lipinski definition) is 2. The number of primary amides is 1. The van der Waals surface area contributed by atoms with Gasteiger partial charge in [0, 0.05) is 18.4 Å². The molecule has 0 aromatic carbocycles. The van der Waals surface area contributed by atoms with E-state index in [1.54, 1.807) is 6.07 Å². The summed E-state index contributed by atoms with van der Waals surface area (Å²) in [6.45, 7) is 4.16. The predicted octanol–water partition coefficient (Wildman–Crippen LogP) is 1.72. The van der Waals surface area contributed by atoms with Crippen LogP contribution in [0.4, 0.5) is 0 Å². The average molecular weight is 203 g/mol. The fourth-order valence-corrected chi connectivity index (χ4v) is 1.62. The van der Waals surface area contributed by atoms with Crippen molar-refractivity contribution in [3.63, 3.8) is 0 Å². The van der Waals surface area contributed by atoms with Crippen LogP contribution in [0.1, 0.15) is 30.2 Å². The standard InChI is InChI=1S/C11H13N3O/c1-7(2)14-4-3-9-10(14)5-8(6-13-9)11(12)15/h3-7H,1-2H3,(H2,12,15). The van der Waals surface area contributed by atoms with Crippen molar-refractivity contribution in [2.45, 2.75) is 19.9 Å². The van der Waals surface area contributed by atoms with Crippen LogP contribution in [0.25, 0.3) is 11.0 Å². The number of hydrogen-bond donors (Lipinski definition) is 1. The van der Waals surface area contributed by atoms with Gasteiger partial charge in [0.15, 0.2) is 0 Å². The summed E-state index contributed by atoms with van der Waals surface area (Å²) in [4.78, 5) is 15.2. The molecule has 2 rings (SSSR count). The number of nitrogens with zero attached hydrogens (tertiary/aromatic N) is 2. The number of carbonyl (C=O) groups is 1. The highest BCUT2D eigenvalue weighted by Gasteiger charge is 2.08. The van der Waals surface area contributed by atoms with E-state index in [0.29, 0.717) is 11.6 Å². The highest BCUT2D eigenvalue weighted by atomic mass is 16.1. The zero-order valence-electron chi connectivity index (χ0n) is 8.77. The number of carbonyl (C=O) groups excluding carboxylic acids is 1. The minimum atomic E-state index is -0.444. The highest BCUT2D eigenvalue weighted by Crippen LogP contribution is 2.18. The molecule has 0 bridgehead atoms. The molecule has 0 fully saturated rings. The molecule has 78 valence electrons. The smallest absolute Gasteiger partial charge is 0.250 e. The molecule has 0 saturated heterocycles. The lowest BCUT2D eigenvalue weighted by atomic mass is 10.2. The van der Waals surface area contributed by atoms with Gasteiger partial charge in [-0.25, -0.2) is 0 Å². The Morgan fingerprint density at radius 3 is 2.87 bits per heavy atom. The van der Waals surface area contributed by atoms with Crippen molar-refractivity contribution in [2.24, 2.45) is 5.73 Å². The average Bonchev–Trinajstić information content (AvgIpc) is 2.59. The first-order valence-electron chi connectivity index (χ1n) is 4.86. The number of rotatable bonds is 2. The topological polar surface area (TPSA) is 60.9 Å². The molecule has 0 atom stereocenters. The van der Waals surface area contributed by atoms with Gasteiger partial charge in [0.1, 0.15) is 0 Å². The molecule has 0 radical (unpaired) electrons. The monoisotopic (exact) mass is 203 g/mol. The first-order chi connectivity index (χ1) is 7.09. The van der Waals surface area contributed by atoms with Crippen molar-refractivity contribution in [3.8, 4) is 0 Å². The maximum absolute atomic E-state index is 11.0. The molecule has 2 aromatic rings. The Balaban J connectivity index is 2.66. The lowest BCUT2D eigenvalue weighted by Gasteiger charge is -2.08. The van der Waals surface area contributed by atoms with Gasteiger partial charge in [-0.2, -0.15) is 0 Å². The molecule has 2 N–H and O–H groups in total. The maximum Gasteiger partial charge on any atom is 0.250 e. The van der Waals surface area contributed by atoms with Gasteiger partial charge in [-0.3, -0.25) is 9.78 Å². The van der Waals surface area contributed by atoms with Crippen molar-refractivity contribution >= 4 is 16.9 Å². The first-order valence-corrected chi connectivity index (χ1v) is 4.86. The molecule has 0 saturated carbocycles. The van der Waals surface area contributed by atoms with Crippen molar-refractivity contribution in [3.05, 3.63) is 30.1 Å². The Hall–Kier alpha value is -1.84. The summed E-state index contributed by atoms with van der Waals surface area (Å²) in [6, 6.07) is 4.05. The Kier molecular flexibility index (Phi) is 2.19. The highest BCUT2D eigenvalue weighted by molar-refractivity contribution is 5.95. The van der Waals surface area contributed by atoms with Gasteiger partial charge in [0.05, 0.1) is 16.6 Å². The van der Waals surface area contributed by atoms with Crippen LogP contribution in [0.5, 0.6) is 0 Å². The van der Waals surface area contributed by atoms with Crippen molar-refractivity contribution in [1.82, 2.24) is 9.55 Å². The molecule has 2 heterocycles. The fraction of sp³-hybridized carbons (Fsp3) is 0.273. The normalized spacial score (nSPS) is 11.1. The van der Waals surface area contributed by atoms with E-state index < -0.39 is 5.91 Å². The van der Waals surface area contributed by atoms with Gasteiger partial charge >= 0.3 is 0 Å². The molecular formula is C11H13N3O. The minimum Gasteiger partial charge on any atom is -0.366 e. The largest absolute Gasteiger partial charge is 0.366 e. The van der Waals surface area contributed by atoms with E-state index in [2.05, 4.69) is 23.4 Å². The third-order valence-corrected chi connectivity index (χ3v) is 2.41. The van der Waals surface area contributed by atoms with Crippen LogP contribution in [0.3, 0.4) is 0 Å². The van der Waals surface area contributed by atoms with Crippen LogP contribution >= 0.6 is 0 Å². The molecule has 0 aliphatic heterocycles. The third kappa shape index (κ3) is 1.58. The molecule has 2 aromatic heterocycles. The van der Waals surface area contributed by atoms with Gasteiger partial charge < -0.3 is 10.3 Å². The Labute approximate surface area is 87.7 Å². The maximum atomic E-state index is 11.0. The van der Waals surface area contributed by atoms with E-state index in [-0.39, 0.29) is 0 Å². The van der Waals surface area contributed by atoms with Crippen molar-refractivity contribution < 1.29 is 4.79 Å². The SMILES string of the molecule is CC(C)n1ccc2ncc(C(N)=O)cc21. The van der Waals surface area contributed by atoms with Crippen LogP contribution in [-0.4, -0.2) is 15.5 Å². The second-order valence-corrected chi connectivity index (χ2v) is 3.81. The van der Waals surface area contributed by atoms with Gasteiger partial charge in [-0.05, 0) is 26.0 Å². The Morgan fingerprint density at radius 2 is 2.27 bits per heavy atom. The fourth-order valence-electron chi connectivity index (χ4n) is 1.62. The first kappa shape index (κ1) is 9.71. The molecular weight excluding hydrogens is 190 g/mol. The summed E-state index contributed by atoms with van der Waals surface area (Å²) >= 11 is 0. The second-order valence-electron chi connectivity index (χ2n) is 3.81. The summed E-state index contributed by atoms with van der Waals surface area (Å²) in [5.41, 5.74) is 7.49. The zero-order chi connectivity index (χ0) is 11.0. The van der Waals surface area contributed by atoms with E-state index in [4.69, 9.17) is 5.73 Å². The van der Waals surface area contributed by atoms with Crippen LogP contribution in [0.2, 0.25) is 0 Å². The summed E-state index contributed by atoms with van der Waals surface area (Å²) < 4.78 is 2.06. The molecule has 15 heavy (non-hydrogen) atoms. The number of nitrogens with two attached hydrogens (primary N) is 1. The van der Waals surface area contributed by atoms with E-state index >= 15 is 0 Å². The quantitative estimate of drug-likeness (QED) is 0.807. The summed E-state index contributed by atoms with van der Waals surface area (Å²) in [6.07, 6.45) is 3.47. The Bertz CT molecular complexity index is 514. The van der Waals surface area contributed by atoms with Gasteiger partial charge in [-0.1, -0.05) is 0 Å². The zero-order valence-corrected chi connectivity index (χ0v) is 8.77. The number of fused-ring (bicyclic) bond motifs is 1. The number of pyridine rings is 1. The van der Waals surface area contributed by atoms with Gasteiger partial charge in [0.25, 0.3) is 0 Å². The molecule has 0 aliphatic carbocycles. The van der Waals surface area contributed by atoms with E-state index in [1.165, 1.54) is 6.20 Å². The van der Waals surface area contributed by atoms with E-state index in [0.717, 1.165) is 11.0 Å². The molecule has 1 amide bonds. The van der Waals surface area contributed by atoms with E-state index in [9.17, 15) is 4.79 Å². The summed E-state index contributed by atoms with van der Waals surface area (Å²) in [5, 5.41) is 0. The molecule has 0 spiro atoms. The van der Waals surface area contributed by atoms with Crippen molar-refractivity contribution in [2.75, 3.05) is 0 Å². The number of amides is 1. The Morgan fingerprint density at radius 1 is 1.53 bits per heavy atom. The minimum absolute atomic E-state index is 0.340. The predicted molar refractivity (Wildman–Crippen MR) is 58.6 cm³/mol. The lowest BCUT2D eigenvalue weighted by Crippen LogP contribution is -2.11. The summed E-state index contributed by atoms with van der Waals surface area (Å²) in [5.74, 6) is -0.444. The van der Waals surface area contributed by atoms with Gasteiger partial charge in [0.2, 0.25) is 5.91 Å². The lowest BCUT2D eigenvalue weighted by molar-refractivity contribution is 0.1000. The molecule has 0 aliphatic rings. The van der Waals surface area contributed by atoms with Gasteiger partial charge in [-0.15, -0.1) is 0 Å². The van der Waals surface area contributed by atoms with Crippen LogP contribution in [0, 0.1) is 0 Å². The van der Waals surface area contributed by atoms with Crippen molar-refractivity contribution in [1.29, 1.82) is 0 Å². The van der Waals surface area contributed by atoms with Crippen LogP contribution in [0.15, 0.2) is 24.5 Å². The third-order valence-electron chi connectivity index (χ3n) is 2.41. The number of aromatic nitrogens is 2. The summed E-state index contributed by atoms with van der Waals surface area (Å²) in [7, 11) is 0. The molecule has 0 unspecified atom stereocenters. The molecule has 4 heteroatoms. The molecule has 4 nitrogen and oxygen atoms in total. The van der Waals surface area contributed by atoms with E-state index in [1.807, 2.05) is 12.3 Å². The van der Waals surface area contributed by atoms with Crippen LogP contribution in [-0.2, 0) is 0 Å². The van der Waals surface area contributed by atoms with Crippen LogP contribution < -0.4 is 5.73 Å².